The lowest BCUT2D eigenvalue weighted by Crippen LogP contribution is -2.34. The number of rotatable bonds is 5. The summed E-state index contributed by atoms with van der Waals surface area (Å²) in [4.78, 5) is 34.1. The predicted molar refractivity (Wildman–Crippen MR) is 130 cm³/mol. The molecule has 0 atom stereocenters. The van der Waals surface area contributed by atoms with Crippen molar-refractivity contribution in [3.63, 3.8) is 0 Å². The maximum Gasteiger partial charge on any atom is 0.263 e. The molecule has 0 unspecified atom stereocenters. The van der Waals surface area contributed by atoms with E-state index >= 15 is 0 Å². The van der Waals surface area contributed by atoms with Crippen LogP contribution >= 0.6 is 23.1 Å². The molecule has 1 amide bonds. The van der Waals surface area contributed by atoms with Crippen LogP contribution in [0.2, 0.25) is 0 Å². The number of fused-ring (bicyclic) bond motifs is 3. The second-order valence-electron chi connectivity index (χ2n) is 8.06. The van der Waals surface area contributed by atoms with Crippen LogP contribution < -0.4 is 5.56 Å². The van der Waals surface area contributed by atoms with E-state index in [1.54, 1.807) is 22.5 Å². The molecular formula is C25H22FN3O2S2. The van der Waals surface area contributed by atoms with Crippen LogP contribution in [-0.2, 0) is 30.1 Å². The lowest BCUT2D eigenvalue weighted by atomic mass is 10.1. The summed E-state index contributed by atoms with van der Waals surface area (Å²) in [6.45, 7) is 3.13. The Kier molecular flexibility index (Phi) is 6.03. The minimum absolute atomic E-state index is 0.0406. The Labute approximate surface area is 198 Å². The van der Waals surface area contributed by atoms with Crippen LogP contribution in [-0.4, -0.2) is 26.9 Å². The zero-order chi connectivity index (χ0) is 22.9. The molecule has 3 heterocycles. The molecule has 0 spiro atoms. The first-order valence-corrected chi connectivity index (χ1v) is 12.5. The van der Waals surface area contributed by atoms with Crippen LogP contribution in [0.15, 0.2) is 64.5 Å². The number of carbonyl (C=O) groups excluding carboxylic acids is 1. The van der Waals surface area contributed by atoms with E-state index in [4.69, 9.17) is 4.98 Å². The molecule has 5 rings (SSSR count). The van der Waals surface area contributed by atoms with Crippen LogP contribution in [0, 0.1) is 5.82 Å². The fraction of sp³-hybridized carbons (Fsp3) is 0.240. The van der Waals surface area contributed by atoms with E-state index < -0.39 is 0 Å². The van der Waals surface area contributed by atoms with Gasteiger partial charge in [0.2, 0.25) is 5.91 Å². The largest absolute Gasteiger partial charge is 0.337 e. The third kappa shape index (κ3) is 4.45. The highest BCUT2D eigenvalue weighted by Gasteiger charge is 2.26. The van der Waals surface area contributed by atoms with Crippen LogP contribution in [0.5, 0.6) is 0 Å². The molecule has 8 heteroatoms. The summed E-state index contributed by atoms with van der Waals surface area (Å²) in [7, 11) is 0. The molecule has 4 aromatic rings. The van der Waals surface area contributed by atoms with Crippen LogP contribution in [0.25, 0.3) is 10.2 Å². The van der Waals surface area contributed by atoms with E-state index in [1.165, 1.54) is 35.2 Å². The van der Waals surface area contributed by atoms with Gasteiger partial charge in [-0.15, -0.1) is 11.3 Å². The fourth-order valence-electron chi connectivity index (χ4n) is 4.12. The molecule has 0 aliphatic carbocycles. The van der Waals surface area contributed by atoms with Gasteiger partial charge in [0, 0.05) is 24.1 Å². The minimum Gasteiger partial charge on any atom is -0.337 e. The monoisotopic (exact) mass is 479 g/mol. The molecule has 0 saturated carbocycles. The van der Waals surface area contributed by atoms with Crippen molar-refractivity contribution in [3.8, 4) is 0 Å². The standard InChI is InChI=1S/C25H22FN3O2S2/c1-16(30)28-11-10-20-21(14-28)33-23-22(20)24(31)29(13-17-6-3-2-4-7-17)25(27-23)32-15-18-8-5-9-19(26)12-18/h2-9,12H,10-11,13-15H2,1H3. The van der Waals surface area contributed by atoms with E-state index in [-0.39, 0.29) is 17.3 Å². The molecular weight excluding hydrogens is 457 g/mol. The molecule has 0 radical (unpaired) electrons. The first-order valence-electron chi connectivity index (χ1n) is 10.7. The van der Waals surface area contributed by atoms with Crippen molar-refractivity contribution in [2.45, 2.75) is 37.3 Å². The summed E-state index contributed by atoms with van der Waals surface area (Å²) in [5.41, 5.74) is 2.82. The molecule has 0 fully saturated rings. The third-order valence-electron chi connectivity index (χ3n) is 5.81. The number of hydrogen-bond acceptors (Lipinski definition) is 5. The van der Waals surface area contributed by atoms with Gasteiger partial charge in [0.1, 0.15) is 10.6 Å². The number of benzene rings is 2. The van der Waals surface area contributed by atoms with E-state index in [9.17, 15) is 14.0 Å². The molecule has 2 aromatic heterocycles. The van der Waals surface area contributed by atoms with Gasteiger partial charge in [0.15, 0.2) is 5.16 Å². The van der Waals surface area contributed by atoms with E-state index in [1.807, 2.05) is 36.4 Å². The Bertz CT molecular complexity index is 1400. The van der Waals surface area contributed by atoms with Crippen molar-refractivity contribution in [3.05, 3.63) is 92.3 Å². The van der Waals surface area contributed by atoms with E-state index in [0.29, 0.717) is 47.2 Å². The number of carbonyl (C=O) groups is 1. The van der Waals surface area contributed by atoms with E-state index in [0.717, 1.165) is 21.6 Å². The maximum atomic E-state index is 13.7. The molecule has 0 bridgehead atoms. The summed E-state index contributed by atoms with van der Waals surface area (Å²) >= 11 is 2.93. The summed E-state index contributed by atoms with van der Waals surface area (Å²) in [6.07, 6.45) is 0.660. The molecule has 5 nitrogen and oxygen atoms in total. The highest BCUT2D eigenvalue weighted by Crippen LogP contribution is 2.34. The Hall–Kier alpha value is -2.97. The van der Waals surface area contributed by atoms with Gasteiger partial charge < -0.3 is 4.90 Å². The molecule has 0 saturated heterocycles. The normalized spacial score (nSPS) is 13.3. The van der Waals surface area contributed by atoms with Crippen molar-refractivity contribution < 1.29 is 9.18 Å². The van der Waals surface area contributed by atoms with Gasteiger partial charge in [0.25, 0.3) is 5.56 Å². The fourth-order valence-corrected chi connectivity index (χ4v) is 6.33. The van der Waals surface area contributed by atoms with Gasteiger partial charge in [-0.2, -0.15) is 0 Å². The topological polar surface area (TPSA) is 55.2 Å². The highest BCUT2D eigenvalue weighted by atomic mass is 32.2. The predicted octanol–water partition coefficient (Wildman–Crippen LogP) is 4.84. The Morgan fingerprint density at radius 1 is 1.15 bits per heavy atom. The molecule has 0 N–H and O–H groups in total. The first kappa shape index (κ1) is 21.9. The number of thiophene rings is 1. The second kappa shape index (κ2) is 9.11. The molecule has 33 heavy (non-hydrogen) atoms. The lowest BCUT2D eigenvalue weighted by molar-refractivity contribution is -0.129. The lowest BCUT2D eigenvalue weighted by Gasteiger charge is -2.25. The third-order valence-corrected chi connectivity index (χ3v) is 7.97. The molecule has 168 valence electrons. The average molecular weight is 480 g/mol. The van der Waals surface area contributed by atoms with Gasteiger partial charge in [-0.05, 0) is 35.2 Å². The van der Waals surface area contributed by atoms with Crippen molar-refractivity contribution in [1.29, 1.82) is 0 Å². The van der Waals surface area contributed by atoms with Crippen LogP contribution in [0.1, 0.15) is 28.5 Å². The first-order chi connectivity index (χ1) is 16.0. The highest BCUT2D eigenvalue weighted by molar-refractivity contribution is 7.98. The zero-order valence-corrected chi connectivity index (χ0v) is 19.7. The minimum atomic E-state index is -0.279. The zero-order valence-electron chi connectivity index (χ0n) is 18.1. The smallest absolute Gasteiger partial charge is 0.263 e. The van der Waals surface area contributed by atoms with Crippen molar-refractivity contribution in [1.82, 2.24) is 14.5 Å². The van der Waals surface area contributed by atoms with Gasteiger partial charge in [-0.25, -0.2) is 9.37 Å². The summed E-state index contributed by atoms with van der Waals surface area (Å²) < 4.78 is 15.4. The van der Waals surface area contributed by atoms with Crippen molar-refractivity contribution >= 4 is 39.2 Å². The number of thioether (sulfide) groups is 1. The van der Waals surface area contributed by atoms with Gasteiger partial charge >= 0.3 is 0 Å². The van der Waals surface area contributed by atoms with Crippen LogP contribution in [0.4, 0.5) is 4.39 Å². The average Bonchev–Trinajstić information content (AvgIpc) is 3.18. The molecule has 2 aromatic carbocycles. The maximum absolute atomic E-state index is 13.7. The molecule has 1 aliphatic heterocycles. The molecule has 1 aliphatic rings. The number of hydrogen-bond donors (Lipinski definition) is 0. The van der Waals surface area contributed by atoms with Crippen molar-refractivity contribution in [2.24, 2.45) is 0 Å². The summed E-state index contributed by atoms with van der Waals surface area (Å²) in [5.74, 6) is 0.270. The van der Waals surface area contributed by atoms with E-state index in [2.05, 4.69) is 0 Å². The van der Waals surface area contributed by atoms with Crippen molar-refractivity contribution in [2.75, 3.05) is 6.54 Å². The number of amides is 1. The number of nitrogens with zero attached hydrogens (tertiary/aromatic N) is 3. The SMILES string of the molecule is CC(=O)N1CCc2c(sc3nc(SCc4cccc(F)c4)n(Cc4ccccc4)c(=O)c23)C1. The Morgan fingerprint density at radius 3 is 2.70 bits per heavy atom. The quantitative estimate of drug-likeness (QED) is 0.304. The second-order valence-corrected chi connectivity index (χ2v) is 10.1. The Balaban J connectivity index is 1.58. The van der Waals surface area contributed by atoms with Gasteiger partial charge in [0.05, 0.1) is 18.5 Å². The number of aromatic nitrogens is 2. The van der Waals surface area contributed by atoms with Gasteiger partial charge in [-0.1, -0.05) is 54.2 Å². The number of halogens is 1. The van der Waals surface area contributed by atoms with Gasteiger partial charge in [-0.3, -0.25) is 14.2 Å². The summed E-state index contributed by atoms with van der Waals surface area (Å²) in [6, 6.07) is 16.3. The van der Waals surface area contributed by atoms with Crippen LogP contribution in [0.3, 0.4) is 0 Å². The Morgan fingerprint density at radius 2 is 1.94 bits per heavy atom. The summed E-state index contributed by atoms with van der Waals surface area (Å²) in [5, 5.41) is 1.28.